The molecule has 0 saturated carbocycles. The van der Waals surface area contributed by atoms with Gasteiger partial charge in [-0.05, 0) is 84.4 Å². The Morgan fingerprint density at radius 3 is 2.17 bits per heavy atom. The second kappa shape index (κ2) is 11.3. The van der Waals surface area contributed by atoms with Gasteiger partial charge in [-0.15, -0.1) is 0 Å². The van der Waals surface area contributed by atoms with Crippen molar-refractivity contribution in [2.75, 3.05) is 25.3 Å². The van der Waals surface area contributed by atoms with Crippen LogP contribution in [0.5, 0.6) is 28.7 Å². The number of carbonyl (C=O) groups excluding carboxylic acids is 1. The van der Waals surface area contributed by atoms with E-state index >= 15 is 0 Å². The summed E-state index contributed by atoms with van der Waals surface area (Å²) in [5, 5.41) is 1.48. The molecule has 42 heavy (non-hydrogen) atoms. The first-order chi connectivity index (χ1) is 20.3. The van der Waals surface area contributed by atoms with E-state index in [1.807, 2.05) is 12.1 Å². The highest BCUT2D eigenvalue weighted by Crippen LogP contribution is 2.38. The van der Waals surface area contributed by atoms with Crippen LogP contribution in [0, 0.1) is 5.82 Å². The van der Waals surface area contributed by atoms with Crippen LogP contribution in [0.2, 0.25) is 0 Å². The number of hydrogen-bond donors (Lipinski definition) is 1. The van der Waals surface area contributed by atoms with Gasteiger partial charge in [0.25, 0.3) is 0 Å². The zero-order valence-corrected chi connectivity index (χ0v) is 22.2. The third kappa shape index (κ3) is 5.62. The van der Waals surface area contributed by atoms with Crippen LogP contribution in [0.3, 0.4) is 0 Å². The smallest absolute Gasteiger partial charge is 0.387 e. The predicted octanol–water partition coefficient (Wildman–Crippen LogP) is 6.89. The number of ether oxygens (including phenoxy) is 4. The predicted molar refractivity (Wildman–Crippen MR) is 149 cm³/mol. The number of amides is 2. The average molecular weight is 576 g/mol. The first-order valence-corrected chi connectivity index (χ1v) is 12.9. The van der Waals surface area contributed by atoms with Gasteiger partial charge in [-0.25, -0.2) is 14.2 Å². The molecule has 8 nitrogen and oxygen atoms in total. The van der Waals surface area contributed by atoms with E-state index in [2.05, 4.69) is 10.2 Å². The van der Waals surface area contributed by atoms with Crippen molar-refractivity contribution in [2.24, 2.45) is 0 Å². The van der Waals surface area contributed by atoms with Gasteiger partial charge in [0.2, 0.25) is 6.79 Å². The summed E-state index contributed by atoms with van der Waals surface area (Å²) in [6.45, 7) is -2.54. The van der Waals surface area contributed by atoms with Gasteiger partial charge in [0, 0.05) is 23.9 Å². The van der Waals surface area contributed by atoms with Crippen LogP contribution >= 0.6 is 0 Å². The zero-order valence-electron chi connectivity index (χ0n) is 22.2. The molecule has 0 unspecified atom stereocenters. The highest BCUT2D eigenvalue weighted by atomic mass is 19.3. The summed E-state index contributed by atoms with van der Waals surface area (Å²) in [5.41, 5.74) is 6.88. The van der Waals surface area contributed by atoms with E-state index in [0.717, 1.165) is 16.7 Å². The summed E-state index contributed by atoms with van der Waals surface area (Å²) in [6.07, 6.45) is 0. The summed E-state index contributed by atoms with van der Waals surface area (Å²) in [6, 6.07) is 24.0. The number of halogens is 3. The lowest BCUT2D eigenvalue weighted by atomic mass is 10.0. The molecule has 1 N–H and O–H groups in total. The lowest BCUT2D eigenvalue weighted by Crippen LogP contribution is -2.45. The summed E-state index contributed by atoms with van der Waals surface area (Å²) >= 11 is 0. The lowest BCUT2D eigenvalue weighted by Gasteiger charge is -2.25. The van der Waals surface area contributed by atoms with Crippen molar-refractivity contribution in [3.05, 3.63) is 108 Å². The molecule has 0 aliphatic carbocycles. The number of nitrogens with one attached hydrogen (secondary N) is 1. The van der Waals surface area contributed by atoms with Crippen LogP contribution in [0.4, 0.5) is 23.7 Å². The molecule has 0 fully saturated rings. The zero-order chi connectivity index (χ0) is 29.2. The summed E-state index contributed by atoms with van der Waals surface area (Å²) < 4.78 is 59.5. The molecular formula is C31H24F3N3O5. The Balaban J connectivity index is 1.17. The SMILES string of the molecule is CN(C(=O)N1CC(c2ccc(F)cc2)=C(c2ccc3c(c2)OCO3)N1)c1ccc(Oc2ccc(OC(F)F)cc2)cc1. The molecule has 2 aliphatic heterocycles. The van der Waals surface area contributed by atoms with Gasteiger partial charge in [0.15, 0.2) is 11.5 Å². The number of carbonyl (C=O) groups is 1. The third-order valence-electron chi connectivity index (χ3n) is 6.75. The number of hydrogen-bond acceptors (Lipinski definition) is 6. The maximum atomic E-state index is 13.7. The van der Waals surface area contributed by atoms with Crippen LogP contribution < -0.4 is 29.3 Å². The molecule has 2 aliphatic rings. The molecule has 0 radical (unpaired) electrons. The van der Waals surface area contributed by atoms with E-state index in [0.29, 0.717) is 34.4 Å². The van der Waals surface area contributed by atoms with Gasteiger partial charge in [-0.3, -0.25) is 10.3 Å². The van der Waals surface area contributed by atoms with Crippen molar-refractivity contribution in [3.63, 3.8) is 0 Å². The Labute approximate surface area is 239 Å². The molecule has 0 spiro atoms. The first kappa shape index (κ1) is 26.9. The molecule has 11 heteroatoms. The van der Waals surface area contributed by atoms with Gasteiger partial charge in [-0.2, -0.15) is 8.78 Å². The maximum absolute atomic E-state index is 13.7. The molecule has 6 rings (SSSR count). The minimum atomic E-state index is -2.90. The summed E-state index contributed by atoms with van der Waals surface area (Å²) in [7, 11) is 1.65. The van der Waals surface area contributed by atoms with Crippen molar-refractivity contribution in [1.29, 1.82) is 0 Å². The van der Waals surface area contributed by atoms with E-state index in [1.54, 1.807) is 49.5 Å². The fraction of sp³-hybridized carbons (Fsp3) is 0.129. The lowest BCUT2D eigenvalue weighted by molar-refractivity contribution is -0.0498. The Kier molecular flexibility index (Phi) is 7.22. The fourth-order valence-corrected chi connectivity index (χ4v) is 4.63. The van der Waals surface area contributed by atoms with Gasteiger partial charge in [0.05, 0.1) is 12.2 Å². The van der Waals surface area contributed by atoms with E-state index < -0.39 is 6.61 Å². The standard InChI is InChI=1S/C31H24F3N3O5/c1-36(22-7-9-23(10-8-22)41-24-11-13-25(14-12-24)42-30(33)34)31(38)37-17-26(19-2-5-21(32)6-3-19)29(35-37)20-4-15-27-28(16-20)40-18-39-27/h2-16,30,35H,17-18H2,1H3. The second-order valence-corrected chi connectivity index (χ2v) is 9.41. The number of hydrazine groups is 1. The number of rotatable bonds is 7. The maximum Gasteiger partial charge on any atom is 0.387 e. The molecule has 0 aromatic heterocycles. The number of alkyl halides is 2. The molecule has 4 aromatic carbocycles. The number of urea groups is 1. The second-order valence-electron chi connectivity index (χ2n) is 9.41. The van der Waals surface area contributed by atoms with Crippen LogP contribution in [-0.4, -0.2) is 38.0 Å². The molecular weight excluding hydrogens is 551 g/mol. The summed E-state index contributed by atoms with van der Waals surface area (Å²) in [4.78, 5) is 15.1. The van der Waals surface area contributed by atoms with E-state index in [9.17, 15) is 18.0 Å². The molecule has 0 atom stereocenters. The van der Waals surface area contributed by atoms with E-state index in [4.69, 9.17) is 14.2 Å². The Morgan fingerprint density at radius 2 is 1.48 bits per heavy atom. The summed E-state index contributed by atoms with van der Waals surface area (Å²) in [5.74, 6) is 1.84. The number of anilines is 1. The fourth-order valence-electron chi connectivity index (χ4n) is 4.63. The first-order valence-electron chi connectivity index (χ1n) is 12.9. The Bertz CT molecular complexity index is 1630. The minimum absolute atomic E-state index is 0.0297. The topological polar surface area (TPSA) is 72.5 Å². The molecule has 2 heterocycles. The highest BCUT2D eigenvalue weighted by molar-refractivity contribution is 5.99. The largest absolute Gasteiger partial charge is 0.457 e. The van der Waals surface area contributed by atoms with Gasteiger partial charge >= 0.3 is 12.6 Å². The van der Waals surface area contributed by atoms with Gasteiger partial charge < -0.3 is 18.9 Å². The third-order valence-corrected chi connectivity index (χ3v) is 6.75. The van der Waals surface area contributed by atoms with Crippen LogP contribution in [0.15, 0.2) is 91.0 Å². The van der Waals surface area contributed by atoms with Crippen LogP contribution in [0.1, 0.15) is 11.1 Å². The molecule has 0 bridgehead atoms. The highest BCUT2D eigenvalue weighted by Gasteiger charge is 2.30. The van der Waals surface area contributed by atoms with Crippen LogP contribution in [0.25, 0.3) is 11.3 Å². The monoisotopic (exact) mass is 575 g/mol. The normalized spacial score (nSPS) is 13.8. The molecule has 0 saturated heterocycles. The number of nitrogens with zero attached hydrogens (tertiary/aromatic N) is 2. The molecule has 214 valence electrons. The van der Waals surface area contributed by atoms with Crippen molar-refractivity contribution in [1.82, 2.24) is 10.4 Å². The molecule has 4 aromatic rings. The number of fused-ring (bicyclic) bond motifs is 1. The van der Waals surface area contributed by atoms with Crippen molar-refractivity contribution < 1.29 is 36.9 Å². The van der Waals surface area contributed by atoms with Crippen molar-refractivity contribution in [3.8, 4) is 28.7 Å². The average Bonchev–Trinajstić information content (AvgIpc) is 3.65. The van der Waals surface area contributed by atoms with Crippen molar-refractivity contribution in [2.45, 2.75) is 6.61 Å². The van der Waals surface area contributed by atoms with Gasteiger partial charge in [0.1, 0.15) is 23.1 Å². The molecule has 2 amide bonds. The number of benzene rings is 4. The van der Waals surface area contributed by atoms with Crippen molar-refractivity contribution >= 4 is 23.0 Å². The Hall–Kier alpha value is -5.32. The van der Waals surface area contributed by atoms with E-state index in [-0.39, 0.29) is 30.9 Å². The Morgan fingerprint density at radius 1 is 0.857 bits per heavy atom. The van der Waals surface area contributed by atoms with E-state index in [1.165, 1.54) is 46.3 Å². The minimum Gasteiger partial charge on any atom is -0.457 e. The van der Waals surface area contributed by atoms with Crippen LogP contribution in [-0.2, 0) is 0 Å². The van der Waals surface area contributed by atoms with Gasteiger partial charge in [-0.1, -0.05) is 12.1 Å². The quantitative estimate of drug-likeness (QED) is 0.259.